The van der Waals surface area contributed by atoms with E-state index < -0.39 is 0 Å². The number of nitrogens with one attached hydrogen (secondary N) is 1. The highest BCUT2D eigenvalue weighted by Gasteiger charge is 2.25. The van der Waals surface area contributed by atoms with E-state index in [-0.39, 0.29) is 17.5 Å². The molecule has 6 nitrogen and oxygen atoms in total. The average molecular weight is 314 g/mol. The average Bonchev–Trinajstić information content (AvgIpc) is 2.52. The van der Waals surface area contributed by atoms with E-state index >= 15 is 0 Å². The minimum atomic E-state index is -0.206. The van der Waals surface area contributed by atoms with Crippen LogP contribution in [0.5, 0.6) is 0 Å². The van der Waals surface area contributed by atoms with Crippen LogP contribution in [0.4, 0.5) is 0 Å². The lowest BCUT2D eigenvalue weighted by molar-refractivity contribution is -0.135. The lowest BCUT2D eigenvalue weighted by atomic mass is 10.1. The van der Waals surface area contributed by atoms with Gasteiger partial charge in [-0.2, -0.15) is 0 Å². The zero-order chi connectivity index (χ0) is 16.4. The van der Waals surface area contributed by atoms with Crippen molar-refractivity contribution in [2.75, 3.05) is 26.7 Å². The summed E-state index contributed by atoms with van der Waals surface area (Å²) >= 11 is 0. The highest BCUT2D eigenvalue weighted by atomic mass is 16.2. The SMILES string of the molecule is CC1CN(C)CCN1C(=O)CCc1nc2ccccc2[nH]c1=O. The van der Waals surface area contributed by atoms with Crippen LogP contribution in [-0.2, 0) is 11.2 Å². The summed E-state index contributed by atoms with van der Waals surface area (Å²) in [5.74, 6) is 0.0972. The summed E-state index contributed by atoms with van der Waals surface area (Å²) in [6, 6.07) is 7.64. The molecule has 1 amide bonds. The van der Waals surface area contributed by atoms with Gasteiger partial charge in [0.25, 0.3) is 5.56 Å². The van der Waals surface area contributed by atoms with Gasteiger partial charge < -0.3 is 14.8 Å². The summed E-state index contributed by atoms with van der Waals surface area (Å²) in [4.78, 5) is 35.9. The number of nitrogens with zero attached hydrogens (tertiary/aromatic N) is 3. The second-order valence-electron chi connectivity index (χ2n) is 6.23. The van der Waals surface area contributed by atoms with E-state index in [1.54, 1.807) is 0 Å². The Labute approximate surface area is 135 Å². The summed E-state index contributed by atoms with van der Waals surface area (Å²) in [6.07, 6.45) is 0.695. The highest BCUT2D eigenvalue weighted by Crippen LogP contribution is 2.11. The number of benzene rings is 1. The van der Waals surface area contributed by atoms with Crippen LogP contribution in [0.15, 0.2) is 29.1 Å². The monoisotopic (exact) mass is 314 g/mol. The molecular formula is C17H22N4O2. The molecule has 23 heavy (non-hydrogen) atoms. The topological polar surface area (TPSA) is 69.3 Å². The second-order valence-corrected chi connectivity index (χ2v) is 6.23. The number of amides is 1. The lowest BCUT2D eigenvalue weighted by Gasteiger charge is -2.38. The number of aryl methyl sites for hydroxylation is 1. The maximum absolute atomic E-state index is 12.4. The minimum absolute atomic E-state index is 0.0972. The van der Waals surface area contributed by atoms with E-state index in [1.807, 2.05) is 29.2 Å². The Hall–Kier alpha value is -2.21. The Morgan fingerprint density at radius 1 is 1.35 bits per heavy atom. The van der Waals surface area contributed by atoms with Crippen LogP contribution in [-0.4, -0.2) is 58.4 Å². The molecule has 0 aliphatic carbocycles. The number of hydrogen-bond donors (Lipinski definition) is 1. The summed E-state index contributed by atoms with van der Waals surface area (Å²) < 4.78 is 0. The molecule has 2 aromatic rings. The Morgan fingerprint density at radius 3 is 2.91 bits per heavy atom. The van der Waals surface area contributed by atoms with Gasteiger partial charge in [-0.05, 0) is 26.1 Å². The highest BCUT2D eigenvalue weighted by molar-refractivity contribution is 5.77. The van der Waals surface area contributed by atoms with Crippen molar-refractivity contribution in [3.63, 3.8) is 0 Å². The second kappa shape index (κ2) is 6.50. The van der Waals surface area contributed by atoms with Gasteiger partial charge in [0.1, 0.15) is 5.69 Å². The van der Waals surface area contributed by atoms with Gasteiger partial charge in [-0.1, -0.05) is 12.1 Å². The van der Waals surface area contributed by atoms with Crippen LogP contribution in [0.3, 0.4) is 0 Å². The molecule has 1 fully saturated rings. The van der Waals surface area contributed by atoms with Gasteiger partial charge in [0.15, 0.2) is 0 Å². The van der Waals surface area contributed by atoms with E-state index in [0.29, 0.717) is 18.5 Å². The van der Waals surface area contributed by atoms with Crippen LogP contribution in [0, 0.1) is 0 Å². The molecule has 122 valence electrons. The molecule has 0 bridgehead atoms. The molecule has 0 spiro atoms. The Kier molecular flexibility index (Phi) is 4.43. The third kappa shape index (κ3) is 3.42. The fourth-order valence-corrected chi connectivity index (χ4v) is 3.12. The number of piperazine rings is 1. The molecule has 1 N–H and O–H groups in total. The number of hydrogen-bond acceptors (Lipinski definition) is 4. The van der Waals surface area contributed by atoms with Gasteiger partial charge in [0, 0.05) is 38.5 Å². The molecule has 1 aromatic carbocycles. The minimum Gasteiger partial charge on any atom is -0.337 e. The molecule has 0 radical (unpaired) electrons. The smallest absolute Gasteiger partial charge is 0.270 e. The summed E-state index contributed by atoms with van der Waals surface area (Å²) in [7, 11) is 2.07. The summed E-state index contributed by atoms with van der Waals surface area (Å²) in [5.41, 5.74) is 1.70. The molecule has 1 aliphatic heterocycles. The zero-order valence-corrected chi connectivity index (χ0v) is 13.6. The quantitative estimate of drug-likeness (QED) is 0.918. The zero-order valence-electron chi connectivity index (χ0n) is 13.6. The van der Waals surface area contributed by atoms with Crippen molar-refractivity contribution < 1.29 is 4.79 Å². The molecular weight excluding hydrogens is 292 g/mol. The Morgan fingerprint density at radius 2 is 2.13 bits per heavy atom. The first-order chi connectivity index (χ1) is 11.0. The third-order valence-corrected chi connectivity index (χ3v) is 4.40. The standard InChI is InChI=1S/C17H22N4O2/c1-12-11-20(2)9-10-21(12)16(22)8-7-15-17(23)19-14-6-4-3-5-13(14)18-15/h3-6,12H,7-11H2,1-2H3,(H,19,23). The fourth-order valence-electron chi connectivity index (χ4n) is 3.12. The van der Waals surface area contributed by atoms with Gasteiger partial charge in [-0.15, -0.1) is 0 Å². The van der Waals surface area contributed by atoms with Crippen molar-refractivity contribution in [2.24, 2.45) is 0 Å². The number of aromatic amines is 1. The number of carbonyl (C=O) groups excluding carboxylic acids is 1. The molecule has 6 heteroatoms. The molecule has 1 saturated heterocycles. The maximum Gasteiger partial charge on any atom is 0.270 e. The van der Waals surface area contributed by atoms with Gasteiger partial charge in [0.2, 0.25) is 5.91 Å². The maximum atomic E-state index is 12.4. The van der Waals surface area contributed by atoms with Crippen molar-refractivity contribution in [3.8, 4) is 0 Å². The van der Waals surface area contributed by atoms with Crippen LogP contribution >= 0.6 is 0 Å². The predicted octanol–water partition coefficient (Wildman–Crippen LogP) is 1.02. The van der Waals surface area contributed by atoms with Crippen LogP contribution in [0.1, 0.15) is 19.0 Å². The molecule has 1 aliphatic rings. The first-order valence-electron chi connectivity index (χ1n) is 8.00. The number of H-pyrrole nitrogens is 1. The molecule has 3 rings (SSSR count). The predicted molar refractivity (Wildman–Crippen MR) is 89.4 cm³/mol. The first kappa shape index (κ1) is 15.7. The molecule has 0 saturated carbocycles. The number of aromatic nitrogens is 2. The van der Waals surface area contributed by atoms with Crippen molar-refractivity contribution >= 4 is 16.9 Å². The van der Waals surface area contributed by atoms with E-state index in [4.69, 9.17) is 0 Å². The number of rotatable bonds is 3. The summed E-state index contributed by atoms with van der Waals surface area (Å²) in [6.45, 7) is 4.60. The molecule has 1 atom stereocenters. The number of carbonyl (C=O) groups is 1. The van der Waals surface area contributed by atoms with Crippen molar-refractivity contribution in [3.05, 3.63) is 40.3 Å². The van der Waals surface area contributed by atoms with E-state index in [2.05, 4.69) is 28.8 Å². The van der Waals surface area contributed by atoms with Crippen LogP contribution in [0.2, 0.25) is 0 Å². The molecule has 2 heterocycles. The number of para-hydroxylation sites is 2. The normalized spacial score (nSPS) is 19.2. The van der Waals surface area contributed by atoms with Gasteiger partial charge >= 0.3 is 0 Å². The van der Waals surface area contributed by atoms with Crippen molar-refractivity contribution in [1.29, 1.82) is 0 Å². The van der Waals surface area contributed by atoms with E-state index in [1.165, 1.54) is 0 Å². The third-order valence-electron chi connectivity index (χ3n) is 4.40. The Bertz CT molecular complexity index is 771. The lowest BCUT2D eigenvalue weighted by Crippen LogP contribution is -2.52. The number of fused-ring (bicyclic) bond motifs is 1. The largest absolute Gasteiger partial charge is 0.337 e. The van der Waals surface area contributed by atoms with Crippen LogP contribution < -0.4 is 5.56 Å². The van der Waals surface area contributed by atoms with Gasteiger partial charge in [0.05, 0.1) is 11.0 Å². The van der Waals surface area contributed by atoms with E-state index in [0.717, 1.165) is 30.7 Å². The first-order valence-corrected chi connectivity index (χ1v) is 8.00. The van der Waals surface area contributed by atoms with Gasteiger partial charge in [-0.25, -0.2) is 4.98 Å². The molecule has 1 aromatic heterocycles. The molecule has 1 unspecified atom stereocenters. The van der Waals surface area contributed by atoms with Crippen molar-refractivity contribution in [2.45, 2.75) is 25.8 Å². The summed E-state index contributed by atoms with van der Waals surface area (Å²) in [5, 5.41) is 0. The van der Waals surface area contributed by atoms with Crippen molar-refractivity contribution in [1.82, 2.24) is 19.8 Å². The van der Waals surface area contributed by atoms with E-state index in [9.17, 15) is 9.59 Å². The fraction of sp³-hybridized carbons (Fsp3) is 0.471. The Balaban J connectivity index is 1.69. The van der Waals surface area contributed by atoms with Crippen LogP contribution in [0.25, 0.3) is 11.0 Å². The number of likely N-dealkylation sites (N-methyl/N-ethyl adjacent to an activating group) is 1. The van der Waals surface area contributed by atoms with Gasteiger partial charge in [-0.3, -0.25) is 9.59 Å².